The zero-order chi connectivity index (χ0) is 42.9. The smallest absolute Gasteiger partial charge is 0.252 e. The van der Waals surface area contributed by atoms with E-state index in [1.54, 1.807) is 0 Å². The van der Waals surface area contributed by atoms with Gasteiger partial charge in [-0.05, 0) is 129 Å². The average molecular weight is 828 g/mol. The van der Waals surface area contributed by atoms with E-state index in [2.05, 4.69) is 269 Å². The summed E-state index contributed by atoms with van der Waals surface area (Å²) in [7, 11) is 0. The van der Waals surface area contributed by atoms with Gasteiger partial charge in [0.1, 0.15) is 0 Å². The third-order valence-electron chi connectivity index (χ3n) is 13.9. The first-order valence-corrected chi connectivity index (χ1v) is 22.6. The van der Waals surface area contributed by atoms with Crippen molar-refractivity contribution in [3.8, 4) is 11.1 Å². The maximum atomic E-state index is 2.56. The molecule has 0 saturated carbocycles. The number of hydrogen-bond acceptors (Lipinski definition) is 3. The van der Waals surface area contributed by atoms with Gasteiger partial charge in [0.2, 0.25) is 0 Å². The molecule has 0 amide bonds. The third-order valence-corrected chi connectivity index (χ3v) is 13.9. The fraction of sp³-hybridized carbons (Fsp3) is 0.0164. The molecule has 13 rings (SSSR count). The first kappa shape index (κ1) is 37.2. The molecule has 1 aliphatic carbocycles. The Kier molecular flexibility index (Phi) is 8.54. The second kappa shape index (κ2) is 14.9. The van der Waals surface area contributed by atoms with Crippen molar-refractivity contribution in [3.05, 3.63) is 277 Å². The molecule has 0 saturated heterocycles. The number of para-hydroxylation sites is 4. The van der Waals surface area contributed by atoms with Crippen LogP contribution in [0.4, 0.5) is 51.2 Å². The Morgan fingerprint density at radius 3 is 1.49 bits per heavy atom. The van der Waals surface area contributed by atoms with Gasteiger partial charge in [0, 0.05) is 51.2 Å². The number of benzene rings is 10. The van der Waals surface area contributed by atoms with E-state index in [1.165, 1.54) is 66.8 Å². The van der Waals surface area contributed by atoms with E-state index in [-0.39, 0.29) is 6.71 Å². The molecule has 3 nitrogen and oxygen atoms in total. The highest BCUT2D eigenvalue weighted by Crippen LogP contribution is 2.57. The molecule has 0 fully saturated rings. The van der Waals surface area contributed by atoms with E-state index in [0.717, 1.165) is 34.1 Å². The van der Waals surface area contributed by atoms with Gasteiger partial charge in [0.25, 0.3) is 6.71 Å². The summed E-state index contributed by atoms with van der Waals surface area (Å²) < 4.78 is 0. The highest BCUT2D eigenvalue weighted by atomic mass is 15.2. The van der Waals surface area contributed by atoms with Crippen LogP contribution in [0.3, 0.4) is 0 Å². The molecule has 0 radical (unpaired) electrons. The van der Waals surface area contributed by atoms with Crippen LogP contribution in [0.1, 0.15) is 22.3 Å². The Hall–Kier alpha value is -8.34. The van der Waals surface area contributed by atoms with Crippen molar-refractivity contribution < 1.29 is 0 Å². The standard InChI is InChI=1S/C61H42BN3/c1-6-21-43(22-7-1)61(44-23-8-2-9-24-44)52-32-17-16-31-50(52)51-39-37-48(41-53(51)61)65-58-36-20-35-57-60(58)62(54-33-18-19-34-56(54)64(57)47-29-14-5-15-30-47)55-40-38-49(42-59(55)65)63(45-25-10-3-11-26-45)46-27-12-4-13-28-46/h1-42H. The monoisotopic (exact) mass is 827 g/mol. The molecule has 0 N–H and O–H groups in total. The SMILES string of the molecule is c1ccc(N(c2ccccc2)c2ccc3c(c2)N(c2ccc4c(c2)C(c2ccccc2)(c2ccccc2)c2ccccc2-4)c2cccc4c2B3c2ccccc2N4c2ccccc2)cc1. The van der Waals surface area contributed by atoms with E-state index < -0.39 is 5.41 Å². The number of hydrogen-bond donors (Lipinski definition) is 0. The lowest BCUT2D eigenvalue weighted by Crippen LogP contribution is -2.61. The van der Waals surface area contributed by atoms with Gasteiger partial charge >= 0.3 is 0 Å². The molecule has 10 aromatic rings. The topological polar surface area (TPSA) is 9.72 Å². The highest BCUT2D eigenvalue weighted by molar-refractivity contribution is 7.00. The molecule has 3 aliphatic rings. The van der Waals surface area contributed by atoms with Gasteiger partial charge in [-0.2, -0.15) is 0 Å². The molecule has 2 heterocycles. The number of nitrogens with zero attached hydrogens (tertiary/aromatic N) is 3. The van der Waals surface area contributed by atoms with E-state index in [1.807, 2.05) is 0 Å². The normalized spacial score (nSPS) is 13.6. The summed E-state index contributed by atoms with van der Waals surface area (Å²) >= 11 is 0. The van der Waals surface area contributed by atoms with Crippen LogP contribution < -0.4 is 31.1 Å². The molecule has 65 heavy (non-hydrogen) atoms. The van der Waals surface area contributed by atoms with Crippen molar-refractivity contribution >= 4 is 74.3 Å². The van der Waals surface area contributed by atoms with Crippen LogP contribution in [0.5, 0.6) is 0 Å². The van der Waals surface area contributed by atoms with Crippen molar-refractivity contribution in [2.24, 2.45) is 0 Å². The van der Waals surface area contributed by atoms with Gasteiger partial charge in [-0.3, -0.25) is 0 Å². The van der Waals surface area contributed by atoms with E-state index in [0.29, 0.717) is 0 Å². The van der Waals surface area contributed by atoms with Gasteiger partial charge < -0.3 is 14.7 Å². The molecular formula is C61H42BN3. The third kappa shape index (κ3) is 5.57. The lowest BCUT2D eigenvalue weighted by atomic mass is 9.33. The fourth-order valence-electron chi connectivity index (χ4n) is 11.3. The summed E-state index contributed by atoms with van der Waals surface area (Å²) in [6.07, 6.45) is 0. The number of rotatable bonds is 7. The summed E-state index contributed by atoms with van der Waals surface area (Å²) in [5.74, 6) is 0. The van der Waals surface area contributed by atoms with Gasteiger partial charge in [0.05, 0.1) is 5.41 Å². The molecule has 304 valence electrons. The van der Waals surface area contributed by atoms with Crippen molar-refractivity contribution in [1.82, 2.24) is 0 Å². The quantitative estimate of drug-likeness (QED) is 0.148. The number of anilines is 9. The van der Waals surface area contributed by atoms with Crippen molar-refractivity contribution in [3.63, 3.8) is 0 Å². The molecule has 10 aromatic carbocycles. The largest absolute Gasteiger partial charge is 0.311 e. The van der Waals surface area contributed by atoms with Gasteiger partial charge in [0.15, 0.2) is 0 Å². The predicted octanol–water partition coefficient (Wildman–Crippen LogP) is 13.6. The molecule has 2 aliphatic heterocycles. The summed E-state index contributed by atoms with van der Waals surface area (Å²) in [4.78, 5) is 7.40. The molecule has 0 aromatic heterocycles. The first-order valence-electron chi connectivity index (χ1n) is 22.6. The molecule has 0 atom stereocenters. The van der Waals surface area contributed by atoms with Crippen molar-refractivity contribution in [2.45, 2.75) is 5.41 Å². The van der Waals surface area contributed by atoms with Crippen molar-refractivity contribution in [1.29, 1.82) is 0 Å². The minimum absolute atomic E-state index is 0.00553. The Labute approximate surface area is 380 Å². The second-order valence-electron chi connectivity index (χ2n) is 17.2. The summed E-state index contributed by atoms with van der Waals surface area (Å²) in [5.41, 5.74) is 21.3. The maximum Gasteiger partial charge on any atom is 0.252 e. The molecule has 0 spiro atoms. The van der Waals surface area contributed by atoms with Crippen LogP contribution in [-0.4, -0.2) is 6.71 Å². The first-order chi connectivity index (χ1) is 32.3. The lowest BCUT2D eigenvalue weighted by molar-refractivity contribution is 0.768. The van der Waals surface area contributed by atoms with E-state index >= 15 is 0 Å². The van der Waals surface area contributed by atoms with Gasteiger partial charge in [-0.15, -0.1) is 0 Å². The zero-order valence-electron chi connectivity index (χ0n) is 35.7. The Balaban J connectivity index is 1.11. The van der Waals surface area contributed by atoms with E-state index in [4.69, 9.17) is 0 Å². The number of fused-ring (bicyclic) bond motifs is 7. The second-order valence-corrected chi connectivity index (χ2v) is 17.2. The Morgan fingerprint density at radius 1 is 0.323 bits per heavy atom. The summed E-state index contributed by atoms with van der Waals surface area (Å²) in [5, 5.41) is 0. The summed E-state index contributed by atoms with van der Waals surface area (Å²) in [6, 6.07) is 93.9. The van der Waals surface area contributed by atoms with Crippen LogP contribution in [0.25, 0.3) is 11.1 Å². The summed E-state index contributed by atoms with van der Waals surface area (Å²) in [6.45, 7) is 0.00553. The molecular weight excluding hydrogens is 786 g/mol. The fourth-order valence-corrected chi connectivity index (χ4v) is 11.3. The lowest BCUT2D eigenvalue weighted by Gasteiger charge is -2.44. The van der Waals surface area contributed by atoms with Gasteiger partial charge in [-0.1, -0.05) is 176 Å². The molecule has 4 heteroatoms. The molecule has 0 unspecified atom stereocenters. The minimum atomic E-state index is -0.538. The van der Waals surface area contributed by atoms with Crippen LogP contribution in [0.2, 0.25) is 0 Å². The highest BCUT2D eigenvalue weighted by Gasteiger charge is 2.48. The zero-order valence-corrected chi connectivity index (χ0v) is 35.7. The van der Waals surface area contributed by atoms with Crippen LogP contribution in [0.15, 0.2) is 255 Å². The van der Waals surface area contributed by atoms with Crippen LogP contribution >= 0.6 is 0 Å². The maximum absolute atomic E-state index is 2.56. The Morgan fingerprint density at radius 2 is 0.831 bits per heavy atom. The van der Waals surface area contributed by atoms with Gasteiger partial charge in [-0.25, -0.2) is 0 Å². The minimum Gasteiger partial charge on any atom is -0.311 e. The molecule has 0 bridgehead atoms. The van der Waals surface area contributed by atoms with Crippen molar-refractivity contribution in [2.75, 3.05) is 14.7 Å². The average Bonchev–Trinajstić information content (AvgIpc) is 3.68. The van der Waals surface area contributed by atoms with Crippen LogP contribution in [-0.2, 0) is 5.41 Å². The predicted molar refractivity (Wildman–Crippen MR) is 272 cm³/mol. The van der Waals surface area contributed by atoms with Crippen LogP contribution in [0, 0.1) is 0 Å². The van der Waals surface area contributed by atoms with E-state index in [9.17, 15) is 0 Å². The Bertz CT molecular complexity index is 3310.